The van der Waals surface area contributed by atoms with Crippen molar-refractivity contribution < 1.29 is 22.9 Å². The Hall–Kier alpha value is -3.63. The van der Waals surface area contributed by atoms with Gasteiger partial charge in [0.15, 0.2) is 0 Å². The molecule has 0 saturated heterocycles. The number of rotatable bonds is 9. The van der Waals surface area contributed by atoms with E-state index in [0.29, 0.717) is 5.75 Å². The Balaban J connectivity index is 1.88. The van der Waals surface area contributed by atoms with E-state index in [1.54, 1.807) is 42.5 Å². The number of nitrogens with zero attached hydrogens (tertiary/aromatic N) is 2. The molecular weight excluding hydrogens is 470 g/mol. The summed E-state index contributed by atoms with van der Waals surface area (Å²) < 4.78 is 32.8. The van der Waals surface area contributed by atoms with Crippen LogP contribution in [-0.4, -0.2) is 32.9 Å². The molecular formula is C22H20ClN3O6S. The van der Waals surface area contributed by atoms with Crippen LogP contribution >= 0.6 is 11.6 Å². The summed E-state index contributed by atoms with van der Waals surface area (Å²) in [6, 6.07) is 18.2. The van der Waals surface area contributed by atoms with Crippen LogP contribution in [0.25, 0.3) is 0 Å². The third-order valence-corrected chi connectivity index (χ3v) is 6.75. The summed E-state index contributed by atoms with van der Waals surface area (Å²) >= 11 is 5.82. The Labute approximate surface area is 195 Å². The SMILES string of the molecule is COc1cccc(CNC(=O)CN(c2ccccc2)S(=O)(=O)c2ccc(Cl)c([N+](=O)[O-])c2)c1. The molecule has 0 saturated carbocycles. The van der Waals surface area contributed by atoms with Crippen molar-refractivity contribution in [3.63, 3.8) is 0 Å². The van der Waals surface area contributed by atoms with Crippen molar-refractivity contribution in [3.8, 4) is 5.75 Å². The number of para-hydroxylation sites is 1. The molecule has 172 valence electrons. The van der Waals surface area contributed by atoms with E-state index in [1.165, 1.54) is 19.2 Å². The number of sulfonamides is 1. The predicted molar refractivity (Wildman–Crippen MR) is 124 cm³/mol. The minimum atomic E-state index is -4.33. The van der Waals surface area contributed by atoms with E-state index in [2.05, 4.69) is 5.32 Å². The lowest BCUT2D eigenvalue weighted by Gasteiger charge is -2.24. The van der Waals surface area contributed by atoms with Crippen LogP contribution in [0.4, 0.5) is 11.4 Å². The minimum Gasteiger partial charge on any atom is -0.497 e. The fraction of sp³-hybridized carbons (Fsp3) is 0.136. The molecule has 11 heteroatoms. The highest BCUT2D eigenvalue weighted by Gasteiger charge is 2.29. The highest BCUT2D eigenvalue weighted by Crippen LogP contribution is 2.30. The van der Waals surface area contributed by atoms with Crippen molar-refractivity contribution in [2.24, 2.45) is 0 Å². The second kappa shape index (κ2) is 10.3. The number of halogens is 1. The van der Waals surface area contributed by atoms with E-state index in [-0.39, 0.29) is 22.2 Å². The summed E-state index contributed by atoms with van der Waals surface area (Å²) in [5.41, 5.74) is 0.449. The van der Waals surface area contributed by atoms with E-state index < -0.39 is 33.1 Å². The first kappa shape index (κ1) is 24.0. The maximum atomic E-state index is 13.4. The molecule has 0 aliphatic rings. The molecule has 1 amide bonds. The summed E-state index contributed by atoms with van der Waals surface area (Å²) in [6.07, 6.45) is 0. The highest BCUT2D eigenvalue weighted by molar-refractivity contribution is 7.92. The third kappa shape index (κ3) is 5.79. The van der Waals surface area contributed by atoms with Crippen molar-refractivity contribution in [1.29, 1.82) is 0 Å². The first-order valence-corrected chi connectivity index (χ1v) is 11.5. The zero-order valence-corrected chi connectivity index (χ0v) is 19.0. The van der Waals surface area contributed by atoms with Gasteiger partial charge in [0.25, 0.3) is 15.7 Å². The van der Waals surface area contributed by atoms with Crippen molar-refractivity contribution >= 4 is 38.9 Å². The lowest BCUT2D eigenvalue weighted by atomic mass is 10.2. The summed E-state index contributed by atoms with van der Waals surface area (Å²) in [5, 5.41) is 13.7. The monoisotopic (exact) mass is 489 g/mol. The van der Waals surface area contributed by atoms with E-state index in [4.69, 9.17) is 16.3 Å². The van der Waals surface area contributed by atoms with Crippen molar-refractivity contribution in [2.45, 2.75) is 11.4 Å². The summed E-state index contributed by atoms with van der Waals surface area (Å²) in [4.78, 5) is 22.8. The topological polar surface area (TPSA) is 119 Å². The third-order valence-electron chi connectivity index (χ3n) is 4.66. The fourth-order valence-corrected chi connectivity index (χ4v) is 4.63. The minimum absolute atomic E-state index is 0.158. The van der Waals surface area contributed by atoms with Crippen molar-refractivity contribution in [2.75, 3.05) is 18.0 Å². The number of nitro benzene ring substituents is 1. The number of nitro groups is 1. The van der Waals surface area contributed by atoms with Crippen LogP contribution in [0, 0.1) is 10.1 Å². The molecule has 0 fully saturated rings. The van der Waals surface area contributed by atoms with Crippen LogP contribution in [0.15, 0.2) is 77.7 Å². The van der Waals surface area contributed by atoms with Gasteiger partial charge in [0.1, 0.15) is 17.3 Å². The average Bonchev–Trinajstić information content (AvgIpc) is 2.81. The Bertz CT molecular complexity index is 1270. The standard InChI is InChI=1S/C22H20ClN3O6S/c1-32-18-9-5-6-16(12-18)14-24-22(27)15-25(17-7-3-2-4-8-17)33(30,31)19-10-11-20(23)21(13-19)26(28)29/h2-13H,14-15H2,1H3,(H,24,27). The van der Waals surface area contributed by atoms with Gasteiger partial charge in [-0.3, -0.25) is 19.2 Å². The van der Waals surface area contributed by atoms with Gasteiger partial charge in [-0.05, 0) is 42.0 Å². The van der Waals surface area contributed by atoms with E-state index >= 15 is 0 Å². The number of nitrogens with one attached hydrogen (secondary N) is 1. The molecule has 0 radical (unpaired) electrons. The molecule has 0 spiro atoms. The maximum Gasteiger partial charge on any atom is 0.289 e. The van der Waals surface area contributed by atoms with Crippen molar-refractivity contribution in [1.82, 2.24) is 5.32 Å². The summed E-state index contributed by atoms with van der Waals surface area (Å²) in [7, 11) is -2.80. The summed E-state index contributed by atoms with van der Waals surface area (Å²) in [6.45, 7) is -0.377. The number of benzene rings is 3. The number of amides is 1. The molecule has 3 aromatic rings. The molecule has 1 N–H and O–H groups in total. The second-order valence-corrected chi connectivity index (χ2v) is 9.12. The first-order valence-electron chi connectivity index (χ1n) is 9.63. The number of hydrogen-bond acceptors (Lipinski definition) is 6. The number of ether oxygens (including phenoxy) is 1. The van der Waals surface area contributed by atoms with E-state index in [9.17, 15) is 23.3 Å². The molecule has 0 unspecified atom stereocenters. The van der Waals surface area contributed by atoms with Gasteiger partial charge < -0.3 is 10.1 Å². The molecule has 0 aromatic heterocycles. The van der Waals surface area contributed by atoms with Crippen LogP contribution in [-0.2, 0) is 21.4 Å². The van der Waals surface area contributed by atoms with Gasteiger partial charge in [-0.15, -0.1) is 0 Å². The lowest BCUT2D eigenvalue weighted by Crippen LogP contribution is -2.40. The Kier molecular flexibility index (Phi) is 7.52. The molecule has 9 nitrogen and oxygen atoms in total. The number of carbonyl (C=O) groups excluding carboxylic acids is 1. The molecule has 3 rings (SSSR count). The highest BCUT2D eigenvalue weighted by atomic mass is 35.5. The Morgan fingerprint density at radius 3 is 2.48 bits per heavy atom. The van der Waals surface area contributed by atoms with Crippen molar-refractivity contribution in [3.05, 3.63) is 93.5 Å². The molecule has 33 heavy (non-hydrogen) atoms. The normalized spacial score (nSPS) is 11.0. The Morgan fingerprint density at radius 2 is 1.82 bits per heavy atom. The van der Waals surface area contributed by atoms with Gasteiger partial charge in [0, 0.05) is 12.6 Å². The van der Waals surface area contributed by atoms with Gasteiger partial charge in [0.2, 0.25) is 5.91 Å². The van der Waals surface area contributed by atoms with Gasteiger partial charge in [-0.2, -0.15) is 0 Å². The van der Waals surface area contributed by atoms with Crippen LogP contribution < -0.4 is 14.4 Å². The zero-order chi connectivity index (χ0) is 24.0. The predicted octanol–water partition coefficient (Wildman–Crippen LogP) is 3.77. The van der Waals surface area contributed by atoms with Crippen LogP contribution in [0.5, 0.6) is 5.75 Å². The van der Waals surface area contributed by atoms with E-state index in [1.807, 2.05) is 0 Å². The lowest BCUT2D eigenvalue weighted by molar-refractivity contribution is -0.384. The molecule has 0 bridgehead atoms. The first-order chi connectivity index (χ1) is 15.7. The van der Waals surface area contributed by atoms with Gasteiger partial charge in [-0.1, -0.05) is 41.9 Å². The zero-order valence-electron chi connectivity index (χ0n) is 17.5. The molecule has 3 aromatic carbocycles. The molecule has 0 aliphatic carbocycles. The van der Waals surface area contributed by atoms with Gasteiger partial charge >= 0.3 is 0 Å². The molecule has 0 heterocycles. The maximum absolute atomic E-state index is 13.4. The molecule has 0 aliphatic heterocycles. The average molecular weight is 490 g/mol. The number of hydrogen-bond donors (Lipinski definition) is 1. The number of methoxy groups -OCH3 is 1. The van der Waals surface area contributed by atoms with Crippen LogP contribution in [0.2, 0.25) is 5.02 Å². The number of carbonyl (C=O) groups is 1. The van der Waals surface area contributed by atoms with E-state index in [0.717, 1.165) is 28.1 Å². The van der Waals surface area contributed by atoms with Crippen LogP contribution in [0.1, 0.15) is 5.56 Å². The second-order valence-electron chi connectivity index (χ2n) is 6.85. The van der Waals surface area contributed by atoms with Gasteiger partial charge in [0.05, 0.1) is 22.6 Å². The summed E-state index contributed by atoms with van der Waals surface area (Å²) in [5.74, 6) is 0.0632. The largest absolute Gasteiger partial charge is 0.497 e. The quantitative estimate of drug-likeness (QED) is 0.361. The smallest absolute Gasteiger partial charge is 0.289 e. The fourth-order valence-electron chi connectivity index (χ4n) is 3.00. The number of anilines is 1. The molecule has 0 atom stereocenters. The van der Waals surface area contributed by atoms with Gasteiger partial charge in [-0.25, -0.2) is 8.42 Å². The Morgan fingerprint density at radius 1 is 1.09 bits per heavy atom. The van der Waals surface area contributed by atoms with Crippen LogP contribution in [0.3, 0.4) is 0 Å².